The number of halogens is 3. The van der Waals surface area contributed by atoms with Gasteiger partial charge >= 0.3 is 6.18 Å². The molecule has 2 aromatic carbocycles. The van der Waals surface area contributed by atoms with E-state index in [9.17, 15) is 31.5 Å². The van der Waals surface area contributed by atoms with Crippen LogP contribution in [0.3, 0.4) is 0 Å². The van der Waals surface area contributed by atoms with Crippen molar-refractivity contribution in [2.75, 3.05) is 33.4 Å². The third-order valence-corrected chi connectivity index (χ3v) is 8.46. The number of carbonyl (C=O) groups excluding carboxylic acids is 1. The van der Waals surface area contributed by atoms with Crippen molar-refractivity contribution < 1.29 is 45.7 Å². The third kappa shape index (κ3) is 7.53. The maximum atomic E-state index is 13.1. The Morgan fingerprint density at radius 1 is 1.10 bits per heavy atom. The number of allylic oxidation sites excluding steroid dienone is 1. The van der Waals surface area contributed by atoms with Gasteiger partial charge in [0.25, 0.3) is 5.91 Å². The van der Waals surface area contributed by atoms with Crippen molar-refractivity contribution in [2.45, 2.75) is 48.6 Å². The van der Waals surface area contributed by atoms with Gasteiger partial charge in [0.2, 0.25) is 16.3 Å². The number of alkyl halides is 3. The van der Waals surface area contributed by atoms with Crippen LogP contribution in [0.15, 0.2) is 65.3 Å². The van der Waals surface area contributed by atoms with Crippen LogP contribution in [0.1, 0.15) is 36.3 Å². The quantitative estimate of drug-likeness (QED) is 0.393. The van der Waals surface area contributed by atoms with Crippen molar-refractivity contribution in [1.82, 2.24) is 9.62 Å². The number of nitrogens with one attached hydrogen (secondary N) is 1. The van der Waals surface area contributed by atoms with Crippen molar-refractivity contribution in [1.29, 1.82) is 0 Å². The fourth-order valence-electron chi connectivity index (χ4n) is 4.20. The van der Waals surface area contributed by atoms with E-state index in [1.807, 2.05) is 0 Å². The zero-order valence-electron chi connectivity index (χ0n) is 21.8. The minimum atomic E-state index is -4.47. The van der Waals surface area contributed by atoms with E-state index in [4.69, 9.17) is 14.2 Å². The molecule has 0 bridgehead atoms. The number of amides is 1. The Morgan fingerprint density at radius 3 is 2.35 bits per heavy atom. The van der Waals surface area contributed by atoms with Crippen LogP contribution in [-0.2, 0) is 30.5 Å². The van der Waals surface area contributed by atoms with Crippen LogP contribution in [0.5, 0.6) is 5.75 Å². The highest BCUT2D eigenvalue weighted by Gasteiger charge is 2.34. The zero-order chi connectivity index (χ0) is 28.9. The summed E-state index contributed by atoms with van der Waals surface area (Å²) in [6.45, 7) is -0.837. The van der Waals surface area contributed by atoms with Gasteiger partial charge in [-0.3, -0.25) is 4.79 Å². The average Bonchev–Trinajstić information content (AvgIpc) is 3.76. The van der Waals surface area contributed by atoms with Crippen molar-refractivity contribution in [2.24, 2.45) is 0 Å². The molecule has 13 heteroatoms. The first kappa shape index (κ1) is 29.8. The predicted octanol–water partition coefficient (Wildman–Crippen LogP) is 3.41. The van der Waals surface area contributed by atoms with Gasteiger partial charge in [0.05, 0.1) is 30.8 Å². The first-order valence-electron chi connectivity index (χ1n) is 12.7. The molecule has 1 aliphatic heterocycles. The number of hydrogen-bond acceptors (Lipinski definition) is 7. The molecule has 40 heavy (non-hydrogen) atoms. The zero-order valence-corrected chi connectivity index (χ0v) is 22.6. The van der Waals surface area contributed by atoms with Crippen molar-refractivity contribution in [3.05, 3.63) is 71.5 Å². The summed E-state index contributed by atoms with van der Waals surface area (Å²) in [5.74, 6) is -0.442. The Morgan fingerprint density at radius 2 is 1.77 bits per heavy atom. The third-order valence-electron chi connectivity index (χ3n) is 6.55. The van der Waals surface area contributed by atoms with E-state index in [0.717, 1.165) is 29.3 Å². The number of rotatable bonds is 12. The summed E-state index contributed by atoms with van der Waals surface area (Å²) < 4.78 is 83.1. The normalized spacial score (nSPS) is 19.6. The molecule has 0 unspecified atom stereocenters. The Balaban J connectivity index is 1.45. The molecule has 2 aliphatic rings. The lowest BCUT2D eigenvalue weighted by atomic mass is 9.92. The summed E-state index contributed by atoms with van der Waals surface area (Å²) in [6.07, 6.45) is -1.98. The minimum Gasteiger partial charge on any atom is -0.497 e. The predicted molar refractivity (Wildman–Crippen MR) is 138 cm³/mol. The smallest absolute Gasteiger partial charge is 0.416 e. The van der Waals surface area contributed by atoms with Gasteiger partial charge in [-0.05, 0) is 60.9 Å². The number of ether oxygens (including phenoxy) is 3. The SMILES string of the molecule is COc1ccc(S(=O)(=O)N(CCO)CCO[C@@H]2C[C@H](c3ccc(C(F)(F)F)cc3)C=C(C(=O)NC3CC3)O2)cc1. The van der Waals surface area contributed by atoms with Crippen molar-refractivity contribution >= 4 is 15.9 Å². The van der Waals surface area contributed by atoms with E-state index in [-0.39, 0.29) is 42.8 Å². The summed E-state index contributed by atoms with van der Waals surface area (Å²) in [5, 5.41) is 12.3. The highest BCUT2D eigenvalue weighted by molar-refractivity contribution is 7.89. The molecule has 1 aliphatic carbocycles. The van der Waals surface area contributed by atoms with Crippen LogP contribution >= 0.6 is 0 Å². The van der Waals surface area contributed by atoms with Gasteiger partial charge in [-0.25, -0.2) is 8.42 Å². The van der Waals surface area contributed by atoms with Crippen LogP contribution in [0.25, 0.3) is 0 Å². The summed E-state index contributed by atoms with van der Waals surface area (Å²) in [7, 11) is -2.50. The maximum Gasteiger partial charge on any atom is 0.416 e. The van der Waals surface area contributed by atoms with Crippen molar-refractivity contribution in [3.8, 4) is 5.75 Å². The van der Waals surface area contributed by atoms with Crippen LogP contribution in [0.2, 0.25) is 0 Å². The van der Waals surface area contributed by atoms with Gasteiger partial charge in [-0.2, -0.15) is 17.5 Å². The number of aliphatic hydroxyl groups is 1. The standard InChI is InChI=1S/C27H31F3N2O7S/c1-37-22-8-10-23(11-9-22)40(35,36)32(12-14-33)13-15-38-25-17-19(16-24(39-25)26(34)31-21-6-7-21)18-2-4-20(5-3-18)27(28,29)30/h2-5,8-11,16,19,21,25,33H,6-7,12-15,17H2,1H3,(H,31,34)/t19-,25+/m1/s1. The van der Waals surface area contributed by atoms with E-state index in [1.165, 1.54) is 43.5 Å². The number of benzene rings is 2. The first-order valence-corrected chi connectivity index (χ1v) is 14.2. The van der Waals surface area contributed by atoms with Gasteiger partial charge < -0.3 is 24.6 Å². The molecule has 9 nitrogen and oxygen atoms in total. The fraction of sp³-hybridized carbons (Fsp3) is 0.444. The van der Waals surface area contributed by atoms with Gasteiger partial charge in [-0.15, -0.1) is 0 Å². The van der Waals surface area contributed by atoms with Gasteiger partial charge in [-0.1, -0.05) is 12.1 Å². The Bertz CT molecular complexity index is 1290. The number of carbonyl (C=O) groups is 1. The molecule has 0 saturated heterocycles. The van der Waals surface area contributed by atoms with E-state index in [0.29, 0.717) is 11.3 Å². The summed E-state index contributed by atoms with van der Waals surface area (Å²) in [5.41, 5.74) is -0.237. The van der Waals surface area contributed by atoms with E-state index >= 15 is 0 Å². The maximum absolute atomic E-state index is 13.1. The highest BCUT2D eigenvalue weighted by Crippen LogP contribution is 2.35. The fourth-order valence-corrected chi connectivity index (χ4v) is 5.62. The number of aliphatic hydroxyl groups excluding tert-OH is 1. The number of nitrogens with zero attached hydrogens (tertiary/aromatic N) is 1. The lowest BCUT2D eigenvalue weighted by Gasteiger charge is -2.30. The first-order chi connectivity index (χ1) is 19.0. The summed E-state index contributed by atoms with van der Waals surface area (Å²) in [6, 6.07) is 10.5. The van der Waals surface area contributed by atoms with E-state index in [1.54, 1.807) is 6.08 Å². The molecule has 1 amide bonds. The number of methoxy groups -OCH3 is 1. The molecule has 0 radical (unpaired) electrons. The lowest BCUT2D eigenvalue weighted by Crippen LogP contribution is -2.38. The Kier molecular flexibility index (Phi) is 9.39. The molecule has 1 saturated carbocycles. The van der Waals surface area contributed by atoms with Crippen LogP contribution in [-0.4, -0.2) is 69.5 Å². The largest absolute Gasteiger partial charge is 0.497 e. The molecule has 0 aromatic heterocycles. The van der Waals surface area contributed by atoms with E-state index < -0.39 is 46.5 Å². The Hall–Kier alpha value is -3.13. The second-order valence-corrected chi connectivity index (χ2v) is 11.4. The average molecular weight is 585 g/mol. The van der Waals surface area contributed by atoms with Gasteiger partial charge in [0, 0.05) is 31.5 Å². The monoisotopic (exact) mass is 584 g/mol. The molecule has 218 valence electrons. The van der Waals surface area contributed by atoms with Crippen LogP contribution < -0.4 is 10.1 Å². The topological polar surface area (TPSA) is 114 Å². The van der Waals surface area contributed by atoms with Gasteiger partial charge in [0.15, 0.2) is 5.76 Å². The molecule has 2 aromatic rings. The molecular weight excluding hydrogens is 553 g/mol. The molecule has 1 heterocycles. The van der Waals surface area contributed by atoms with Crippen LogP contribution in [0.4, 0.5) is 13.2 Å². The molecule has 1 fully saturated rings. The number of hydrogen-bond donors (Lipinski definition) is 2. The van der Waals surface area contributed by atoms with Crippen LogP contribution in [0, 0.1) is 0 Å². The number of sulfonamides is 1. The molecular formula is C27H31F3N2O7S. The summed E-state index contributed by atoms with van der Waals surface area (Å²) in [4.78, 5) is 12.7. The Labute approximate surface area is 230 Å². The molecule has 2 N–H and O–H groups in total. The lowest BCUT2D eigenvalue weighted by molar-refractivity contribution is -0.146. The molecule has 2 atom stereocenters. The minimum absolute atomic E-state index is 0.00823. The second kappa shape index (κ2) is 12.6. The van der Waals surface area contributed by atoms with Crippen molar-refractivity contribution in [3.63, 3.8) is 0 Å². The summed E-state index contributed by atoms with van der Waals surface area (Å²) >= 11 is 0. The van der Waals surface area contributed by atoms with E-state index in [2.05, 4.69) is 5.32 Å². The highest BCUT2D eigenvalue weighted by atomic mass is 32.2. The molecule has 0 spiro atoms. The molecule has 4 rings (SSSR count). The second-order valence-electron chi connectivity index (χ2n) is 9.46. The van der Waals surface area contributed by atoms with Gasteiger partial charge in [0.1, 0.15) is 5.75 Å².